The molecule has 0 saturated carbocycles. The van der Waals surface area contributed by atoms with Gasteiger partial charge in [0, 0.05) is 13.1 Å². The Bertz CT molecular complexity index is 599. The number of hydrogen-bond donors (Lipinski definition) is 0. The van der Waals surface area contributed by atoms with Crippen LogP contribution in [-0.4, -0.2) is 23.9 Å². The molecular weight excluding hydrogens is 282 g/mol. The normalized spacial score (nSPS) is 16.0. The van der Waals surface area contributed by atoms with Gasteiger partial charge in [0.2, 0.25) is 5.91 Å². The van der Waals surface area contributed by atoms with Crippen molar-refractivity contribution in [3.05, 3.63) is 71.3 Å². The minimum Gasteiger partial charge on any atom is -0.340 e. The van der Waals surface area contributed by atoms with E-state index in [4.69, 9.17) is 11.6 Å². The first-order valence-electron chi connectivity index (χ1n) is 7.30. The summed E-state index contributed by atoms with van der Waals surface area (Å²) in [4.78, 5) is 14.5. The Hall–Kier alpha value is -1.80. The smallest absolute Gasteiger partial charge is 0.245 e. The minimum atomic E-state index is -0.590. The molecular formula is C18H18ClNO. The lowest BCUT2D eigenvalue weighted by atomic mass is 10.0. The third-order valence-electron chi connectivity index (χ3n) is 4.04. The van der Waals surface area contributed by atoms with Gasteiger partial charge in [0.25, 0.3) is 0 Å². The Morgan fingerprint density at radius 1 is 0.905 bits per heavy atom. The van der Waals surface area contributed by atoms with Crippen molar-refractivity contribution in [3.63, 3.8) is 0 Å². The standard InChI is InChI=1S/C18H18ClNO/c19-17(16-8-2-1-3-9-16)18(21)20-12-10-14-6-4-5-7-15(14)11-13-20/h1-9,17H,10-13H2. The maximum Gasteiger partial charge on any atom is 0.245 e. The summed E-state index contributed by atoms with van der Waals surface area (Å²) in [5, 5.41) is -0.590. The van der Waals surface area contributed by atoms with Gasteiger partial charge >= 0.3 is 0 Å². The van der Waals surface area contributed by atoms with E-state index >= 15 is 0 Å². The quantitative estimate of drug-likeness (QED) is 0.776. The Morgan fingerprint density at radius 2 is 1.43 bits per heavy atom. The summed E-state index contributed by atoms with van der Waals surface area (Å²) in [7, 11) is 0. The summed E-state index contributed by atoms with van der Waals surface area (Å²) in [6.07, 6.45) is 1.81. The molecule has 2 aromatic carbocycles. The lowest BCUT2D eigenvalue weighted by Crippen LogP contribution is -2.35. The van der Waals surface area contributed by atoms with Crippen LogP contribution in [0.3, 0.4) is 0 Å². The van der Waals surface area contributed by atoms with Crippen LogP contribution in [-0.2, 0) is 17.6 Å². The van der Waals surface area contributed by atoms with Crippen molar-refractivity contribution < 1.29 is 4.79 Å². The molecule has 0 spiro atoms. The van der Waals surface area contributed by atoms with Crippen LogP contribution in [0.2, 0.25) is 0 Å². The Kier molecular flexibility index (Phi) is 4.26. The average molecular weight is 300 g/mol. The first kappa shape index (κ1) is 14.2. The van der Waals surface area contributed by atoms with Gasteiger partial charge in [-0.25, -0.2) is 0 Å². The van der Waals surface area contributed by atoms with Crippen LogP contribution >= 0.6 is 11.6 Å². The zero-order valence-corrected chi connectivity index (χ0v) is 12.6. The Balaban J connectivity index is 1.72. The molecule has 0 radical (unpaired) electrons. The number of carbonyl (C=O) groups excluding carboxylic acids is 1. The topological polar surface area (TPSA) is 20.3 Å². The fourth-order valence-electron chi connectivity index (χ4n) is 2.81. The second-order valence-corrected chi connectivity index (χ2v) is 5.80. The van der Waals surface area contributed by atoms with Crippen LogP contribution in [0.5, 0.6) is 0 Å². The van der Waals surface area contributed by atoms with E-state index in [1.807, 2.05) is 35.2 Å². The number of amides is 1. The highest BCUT2D eigenvalue weighted by Gasteiger charge is 2.25. The number of rotatable bonds is 2. The number of fused-ring (bicyclic) bond motifs is 1. The molecule has 3 heteroatoms. The molecule has 1 aliphatic rings. The van der Waals surface area contributed by atoms with Crippen LogP contribution in [0.1, 0.15) is 22.1 Å². The van der Waals surface area contributed by atoms with Crippen LogP contribution in [0.25, 0.3) is 0 Å². The van der Waals surface area contributed by atoms with Gasteiger partial charge in [-0.2, -0.15) is 0 Å². The van der Waals surface area contributed by atoms with E-state index in [-0.39, 0.29) is 5.91 Å². The summed E-state index contributed by atoms with van der Waals surface area (Å²) in [5.74, 6) is 0.00988. The predicted octanol–water partition coefficient (Wildman–Crippen LogP) is 3.59. The number of nitrogens with zero attached hydrogens (tertiary/aromatic N) is 1. The van der Waals surface area contributed by atoms with Crippen LogP contribution in [0.15, 0.2) is 54.6 Å². The third kappa shape index (κ3) is 3.11. The van der Waals surface area contributed by atoms with Crippen LogP contribution in [0.4, 0.5) is 0 Å². The molecule has 1 atom stereocenters. The molecule has 21 heavy (non-hydrogen) atoms. The van der Waals surface area contributed by atoms with E-state index in [9.17, 15) is 4.79 Å². The first-order chi connectivity index (χ1) is 10.3. The summed E-state index contributed by atoms with van der Waals surface area (Å²) >= 11 is 6.36. The van der Waals surface area contributed by atoms with Crippen molar-refractivity contribution in [2.45, 2.75) is 18.2 Å². The predicted molar refractivity (Wildman–Crippen MR) is 85.5 cm³/mol. The molecule has 1 aliphatic heterocycles. The molecule has 3 rings (SSSR count). The van der Waals surface area contributed by atoms with Gasteiger partial charge < -0.3 is 4.90 Å². The second-order valence-electron chi connectivity index (χ2n) is 5.37. The molecule has 0 saturated heterocycles. The van der Waals surface area contributed by atoms with E-state index in [2.05, 4.69) is 24.3 Å². The second kappa shape index (κ2) is 6.31. The maximum absolute atomic E-state index is 12.6. The molecule has 0 aliphatic carbocycles. The molecule has 0 N–H and O–H groups in total. The van der Waals surface area contributed by atoms with Gasteiger partial charge in [-0.05, 0) is 29.5 Å². The van der Waals surface area contributed by atoms with Gasteiger partial charge in [0.1, 0.15) is 5.38 Å². The lowest BCUT2D eigenvalue weighted by Gasteiger charge is -2.23. The minimum absolute atomic E-state index is 0.00988. The van der Waals surface area contributed by atoms with Crippen LogP contribution < -0.4 is 0 Å². The van der Waals surface area contributed by atoms with Crippen molar-refractivity contribution >= 4 is 17.5 Å². The van der Waals surface area contributed by atoms with Crippen molar-refractivity contribution in [2.75, 3.05) is 13.1 Å². The van der Waals surface area contributed by atoms with Gasteiger partial charge in [-0.15, -0.1) is 11.6 Å². The summed E-state index contributed by atoms with van der Waals surface area (Å²) in [6, 6.07) is 18.0. The zero-order chi connectivity index (χ0) is 14.7. The lowest BCUT2D eigenvalue weighted by molar-refractivity contribution is -0.130. The molecule has 108 valence electrons. The molecule has 1 unspecified atom stereocenters. The van der Waals surface area contributed by atoms with E-state index in [0.717, 1.165) is 31.5 Å². The van der Waals surface area contributed by atoms with Crippen LogP contribution in [0, 0.1) is 0 Å². The SMILES string of the molecule is O=C(C(Cl)c1ccccc1)N1CCc2ccccc2CC1. The highest BCUT2D eigenvalue weighted by atomic mass is 35.5. The van der Waals surface area contributed by atoms with Crippen molar-refractivity contribution in [1.82, 2.24) is 4.90 Å². The van der Waals surface area contributed by atoms with E-state index in [0.29, 0.717) is 0 Å². The zero-order valence-electron chi connectivity index (χ0n) is 11.8. The number of alkyl halides is 1. The van der Waals surface area contributed by atoms with Crippen molar-refractivity contribution in [1.29, 1.82) is 0 Å². The van der Waals surface area contributed by atoms with Gasteiger partial charge in [-0.3, -0.25) is 4.79 Å². The van der Waals surface area contributed by atoms with E-state index in [1.54, 1.807) is 0 Å². The molecule has 1 amide bonds. The fraction of sp³-hybridized carbons (Fsp3) is 0.278. The van der Waals surface area contributed by atoms with Gasteiger partial charge in [0.15, 0.2) is 0 Å². The summed E-state index contributed by atoms with van der Waals surface area (Å²) in [6.45, 7) is 1.48. The van der Waals surface area contributed by atoms with Gasteiger partial charge in [0.05, 0.1) is 0 Å². The van der Waals surface area contributed by atoms with Crippen molar-refractivity contribution in [3.8, 4) is 0 Å². The summed E-state index contributed by atoms with van der Waals surface area (Å²) in [5.41, 5.74) is 3.56. The monoisotopic (exact) mass is 299 g/mol. The summed E-state index contributed by atoms with van der Waals surface area (Å²) < 4.78 is 0. The molecule has 0 aromatic heterocycles. The molecule has 1 heterocycles. The Labute approximate surface area is 130 Å². The highest BCUT2D eigenvalue weighted by Crippen LogP contribution is 2.24. The molecule has 2 nitrogen and oxygen atoms in total. The van der Waals surface area contributed by atoms with Crippen molar-refractivity contribution in [2.24, 2.45) is 0 Å². The highest BCUT2D eigenvalue weighted by molar-refractivity contribution is 6.30. The van der Waals surface area contributed by atoms with E-state index in [1.165, 1.54) is 11.1 Å². The maximum atomic E-state index is 12.6. The number of carbonyl (C=O) groups is 1. The molecule has 0 bridgehead atoms. The van der Waals surface area contributed by atoms with E-state index < -0.39 is 5.38 Å². The number of halogens is 1. The molecule has 0 fully saturated rings. The van der Waals surface area contributed by atoms with Gasteiger partial charge in [-0.1, -0.05) is 54.6 Å². The molecule has 2 aromatic rings. The Morgan fingerprint density at radius 3 is 2.00 bits per heavy atom. The average Bonchev–Trinajstić information content (AvgIpc) is 2.77. The number of benzene rings is 2. The largest absolute Gasteiger partial charge is 0.340 e. The fourth-order valence-corrected chi connectivity index (χ4v) is 3.10. The number of hydrogen-bond acceptors (Lipinski definition) is 1. The first-order valence-corrected chi connectivity index (χ1v) is 7.74. The third-order valence-corrected chi connectivity index (χ3v) is 4.48.